The van der Waals surface area contributed by atoms with Crippen molar-refractivity contribution in [1.82, 2.24) is 5.32 Å². The van der Waals surface area contributed by atoms with Crippen molar-refractivity contribution in [2.24, 2.45) is 0 Å². The molecule has 1 aliphatic heterocycles. The molecule has 0 radical (unpaired) electrons. The topological polar surface area (TPSA) is 75.7 Å². The van der Waals surface area contributed by atoms with Gasteiger partial charge < -0.3 is 10.1 Å². The average Bonchev–Trinajstić information content (AvgIpc) is 2.87. The van der Waals surface area contributed by atoms with Crippen molar-refractivity contribution in [3.63, 3.8) is 0 Å². The number of allylic oxidation sites excluding steroid dienone is 1. The maximum absolute atomic E-state index is 14.5. The Morgan fingerprint density at radius 3 is 2.52 bits per heavy atom. The molecule has 0 saturated heterocycles. The van der Waals surface area contributed by atoms with Crippen molar-refractivity contribution in [2.45, 2.75) is 37.4 Å². The fraction of sp³-hybridized carbons (Fsp3) is 0.250. The van der Waals surface area contributed by atoms with E-state index in [0.717, 1.165) is 22.5 Å². The lowest BCUT2D eigenvalue weighted by Gasteiger charge is -2.36. The lowest BCUT2D eigenvalue weighted by molar-refractivity contribution is -0.137. The first-order valence-corrected chi connectivity index (χ1v) is 14.0. The number of halogens is 5. The van der Waals surface area contributed by atoms with Crippen molar-refractivity contribution in [3.8, 4) is 5.75 Å². The Hall–Kier alpha value is -3.57. The molecule has 4 rings (SSSR count). The number of carbonyl (C=O) groups excluding carboxylic acids is 1. The fourth-order valence-corrected chi connectivity index (χ4v) is 6.22. The van der Waals surface area contributed by atoms with Crippen LogP contribution in [0.1, 0.15) is 37.0 Å². The van der Waals surface area contributed by atoms with Gasteiger partial charge in [0, 0.05) is 25.5 Å². The van der Waals surface area contributed by atoms with Crippen LogP contribution in [-0.2, 0) is 21.0 Å². The summed E-state index contributed by atoms with van der Waals surface area (Å²) in [5.74, 6) is -0.613. The van der Waals surface area contributed by atoms with Crippen LogP contribution in [-0.4, -0.2) is 33.5 Å². The highest BCUT2D eigenvalue weighted by atomic mass is 35.5. The Bertz CT molecular complexity index is 1550. The Morgan fingerprint density at radius 1 is 1.12 bits per heavy atom. The van der Waals surface area contributed by atoms with Crippen LogP contribution in [0, 0.1) is 5.82 Å². The summed E-state index contributed by atoms with van der Waals surface area (Å²) in [7, 11) is -4.48. The zero-order chi connectivity index (χ0) is 29.2. The van der Waals surface area contributed by atoms with Gasteiger partial charge in [0.05, 0.1) is 27.7 Å². The van der Waals surface area contributed by atoms with E-state index in [1.54, 1.807) is 25.1 Å². The van der Waals surface area contributed by atoms with Crippen molar-refractivity contribution >= 4 is 44.9 Å². The standard InChI is InChI=1S/C28H25ClF4N2O4S/c1-17(27-23(29)7-4-8-24(27)30)13-19-9-10-26-25(14-19)35(16-21(39-26)11-12-34-18(2)36)40(37,38)22-6-3-5-20(15-22)28(31,32)33/h3-10,13-15,21H,11-12,16H2,1-2H3,(H,34,36)/b17-13+/t21-/m0/s1. The Labute approximate surface area is 234 Å². The van der Waals surface area contributed by atoms with Crippen LogP contribution in [0.5, 0.6) is 5.75 Å². The van der Waals surface area contributed by atoms with Gasteiger partial charge in [-0.3, -0.25) is 9.10 Å². The third-order valence-corrected chi connectivity index (χ3v) is 8.34. The third-order valence-electron chi connectivity index (χ3n) is 6.24. The zero-order valence-electron chi connectivity index (χ0n) is 21.4. The molecule has 3 aromatic rings. The zero-order valence-corrected chi connectivity index (χ0v) is 23.0. The number of benzene rings is 3. The number of sulfonamides is 1. The summed E-state index contributed by atoms with van der Waals surface area (Å²) in [5.41, 5.74) is 0.151. The molecule has 212 valence electrons. The second-order valence-corrected chi connectivity index (χ2v) is 11.5. The summed E-state index contributed by atoms with van der Waals surface area (Å²) >= 11 is 6.18. The summed E-state index contributed by atoms with van der Waals surface area (Å²) in [6.07, 6.45) is -3.57. The Kier molecular flexibility index (Phi) is 8.46. The maximum atomic E-state index is 14.5. The normalized spacial score (nSPS) is 15.8. The molecule has 40 heavy (non-hydrogen) atoms. The number of fused-ring (bicyclic) bond motifs is 1. The smallest absolute Gasteiger partial charge is 0.416 e. The molecule has 1 atom stereocenters. The fourth-order valence-electron chi connectivity index (χ4n) is 4.36. The van der Waals surface area contributed by atoms with Gasteiger partial charge in [-0.1, -0.05) is 35.9 Å². The van der Waals surface area contributed by atoms with Gasteiger partial charge >= 0.3 is 6.18 Å². The van der Waals surface area contributed by atoms with E-state index in [9.17, 15) is 30.8 Å². The predicted molar refractivity (Wildman–Crippen MR) is 145 cm³/mol. The van der Waals surface area contributed by atoms with Gasteiger partial charge in [-0.05, 0) is 60.5 Å². The van der Waals surface area contributed by atoms with Gasteiger partial charge in [0.15, 0.2) is 0 Å². The predicted octanol–water partition coefficient (Wildman–Crippen LogP) is 6.54. The van der Waals surface area contributed by atoms with E-state index in [2.05, 4.69) is 5.32 Å². The number of hydrogen-bond donors (Lipinski definition) is 1. The van der Waals surface area contributed by atoms with E-state index in [1.165, 1.54) is 31.2 Å². The van der Waals surface area contributed by atoms with Gasteiger partial charge in [-0.2, -0.15) is 13.2 Å². The van der Waals surface area contributed by atoms with E-state index < -0.39 is 38.6 Å². The number of carbonyl (C=O) groups is 1. The molecule has 0 saturated carbocycles. The molecule has 1 amide bonds. The average molecular weight is 597 g/mol. The molecular formula is C28H25ClF4N2O4S. The summed E-state index contributed by atoms with van der Waals surface area (Å²) in [5, 5.41) is 2.82. The third kappa shape index (κ3) is 6.42. The minimum atomic E-state index is -4.74. The molecule has 0 bridgehead atoms. The molecule has 1 heterocycles. The lowest BCUT2D eigenvalue weighted by atomic mass is 10.0. The van der Waals surface area contributed by atoms with Gasteiger partial charge in [-0.15, -0.1) is 0 Å². The van der Waals surface area contributed by atoms with Crippen LogP contribution in [0.4, 0.5) is 23.2 Å². The highest BCUT2D eigenvalue weighted by molar-refractivity contribution is 7.92. The molecule has 0 spiro atoms. The van der Waals surface area contributed by atoms with E-state index >= 15 is 0 Å². The van der Waals surface area contributed by atoms with Crippen LogP contribution in [0.15, 0.2) is 65.6 Å². The van der Waals surface area contributed by atoms with Crippen LogP contribution >= 0.6 is 11.6 Å². The Morgan fingerprint density at radius 2 is 1.85 bits per heavy atom. The summed E-state index contributed by atoms with van der Waals surface area (Å²) < 4.78 is 89.1. The first-order valence-electron chi connectivity index (χ1n) is 12.1. The molecule has 0 aliphatic carbocycles. The summed E-state index contributed by atoms with van der Waals surface area (Å²) in [4.78, 5) is 10.8. The molecule has 6 nitrogen and oxygen atoms in total. The van der Waals surface area contributed by atoms with Crippen molar-refractivity contribution in [3.05, 3.63) is 88.2 Å². The first kappa shape index (κ1) is 29.4. The van der Waals surface area contributed by atoms with E-state index in [1.807, 2.05) is 0 Å². The van der Waals surface area contributed by atoms with Gasteiger partial charge in [0.2, 0.25) is 5.91 Å². The number of ether oxygens (including phenoxy) is 1. The summed E-state index contributed by atoms with van der Waals surface area (Å²) in [6.45, 7) is 2.98. The number of nitrogens with zero attached hydrogens (tertiary/aromatic N) is 1. The number of nitrogens with one attached hydrogen (secondary N) is 1. The van der Waals surface area contributed by atoms with E-state index in [0.29, 0.717) is 17.2 Å². The maximum Gasteiger partial charge on any atom is 0.416 e. The molecule has 1 aliphatic rings. The van der Waals surface area contributed by atoms with Gasteiger partial charge in [0.1, 0.15) is 17.7 Å². The monoisotopic (exact) mass is 596 g/mol. The molecule has 0 aromatic heterocycles. The number of hydrogen-bond acceptors (Lipinski definition) is 4. The SMILES string of the molecule is CC(=O)NCC[C@H]1CN(S(=O)(=O)c2cccc(C(F)(F)F)c2)c2cc(/C=C(\C)c3c(F)cccc3Cl)ccc2O1. The van der Waals surface area contributed by atoms with Crippen LogP contribution < -0.4 is 14.4 Å². The number of alkyl halides is 3. The number of amides is 1. The number of rotatable bonds is 7. The van der Waals surface area contributed by atoms with Crippen molar-refractivity contribution < 1.29 is 35.5 Å². The van der Waals surface area contributed by atoms with Crippen molar-refractivity contribution in [2.75, 3.05) is 17.4 Å². The molecule has 0 unspecified atom stereocenters. The molecule has 12 heteroatoms. The molecule has 0 fully saturated rings. The summed E-state index contributed by atoms with van der Waals surface area (Å²) in [6, 6.07) is 12.5. The van der Waals surface area contributed by atoms with Crippen LogP contribution in [0.3, 0.4) is 0 Å². The van der Waals surface area contributed by atoms with Gasteiger partial charge in [-0.25, -0.2) is 12.8 Å². The minimum Gasteiger partial charge on any atom is -0.486 e. The van der Waals surface area contributed by atoms with E-state index in [-0.39, 0.29) is 47.4 Å². The Balaban J connectivity index is 1.78. The largest absolute Gasteiger partial charge is 0.486 e. The van der Waals surface area contributed by atoms with Crippen molar-refractivity contribution in [1.29, 1.82) is 0 Å². The number of anilines is 1. The highest BCUT2D eigenvalue weighted by Crippen LogP contribution is 2.40. The molecule has 3 aromatic carbocycles. The quantitative estimate of drug-likeness (QED) is 0.248. The van der Waals surface area contributed by atoms with E-state index in [4.69, 9.17) is 16.3 Å². The highest BCUT2D eigenvalue weighted by Gasteiger charge is 2.37. The van der Waals surface area contributed by atoms with Gasteiger partial charge in [0.25, 0.3) is 10.0 Å². The lowest BCUT2D eigenvalue weighted by Crippen LogP contribution is -2.44. The second-order valence-electron chi connectivity index (χ2n) is 9.22. The van der Waals surface area contributed by atoms with Crippen LogP contribution in [0.25, 0.3) is 11.6 Å². The van der Waals surface area contributed by atoms with Crippen LogP contribution in [0.2, 0.25) is 5.02 Å². The molecule has 1 N–H and O–H groups in total. The first-order chi connectivity index (χ1) is 18.8. The second kappa shape index (κ2) is 11.5. The molecular weight excluding hydrogens is 572 g/mol. The minimum absolute atomic E-state index is 0.106.